The molecule has 136 valence electrons. The van der Waals surface area contributed by atoms with E-state index >= 15 is 0 Å². The van der Waals surface area contributed by atoms with Gasteiger partial charge in [0.15, 0.2) is 0 Å². The number of nitrogens with zero attached hydrogens (tertiary/aromatic N) is 3. The summed E-state index contributed by atoms with van der Waals surface area (Å²) in [6.45, 7) is 6.05. The molecule has 1 amide bonds. The third kappa shape index (κ3) is 3.81. The molecule has 0 aliphatic carbocycles. The van der Waals surface area contributed by atoms with Gasteiger partial charge in [0.1, 0.15) is 11.6 Å². The van der Waals surface area contributed by atoms with Gasteiger partial charge < -0.3 is 15.2 Å². The topological polar surface area (TPSA) is 123 Å². The standard InChI is InChI=1S/C16H25N7O2/c1-4-12-18-9(2)14(19-12)10-7-23(3)8-11(10)15(24)17-6-5-13-20-16(25)22-21-13/h10-11H,4-8H2,1-3H3,(H,17,24)(H,18,19)(H2,20,21,22,25)/t10-,11-/m1/s1. The molecule has 1 aliphatic rings. The summed E-state index contributed by atoms with van der Waals surface area (Å²) in [5.41, 5.74) is 1.71. The summed E-state index contributed by atoms with van der Waals surface area (Å²) in [6, 6.07) is 0. The van der Waals surface area contributed by atoms with Crippen molar-refractivity contribution in [1.82, 2.24) is 35.4 Å². The number of rotatable bonds is 6. The second-order valence-corrected chi connectivity index (χ2v) is 6.65. The Morgan fingerprint density at radius 3 is 2.76 bits per heavy atom. The van der Waals surface area contributed by atoms with Crippen molar-refractivity contribution in [3.63, 3.8) is 0 Å². The first-order valence-corrected chi connectivity index (χ1v) is 8.63. The molecule has 1 fully saturated rings. The number of imidazole rings is 1. The highest BCUT2D eigenvalue weighted by Gasteiger charge is 2.39. The van der Waals surface area contributed by atoms with Crippen LogP contribution in [0.1, 0.15) is 35.9 Å². The van der Waals surface area contributed by atoms with Gasteiger partial charge in [-0.1, -0.05) is 6.92 Å². The summed E-state index contributed by atoms with van der Waals surface area (Å²) in [6.07, 6.45) is 1.33. The number of nitrogens with one attached hydrogen (secondary N) is 4. The van der Waals surface area contributed by atoms with Crippen LogP contribution >= 0.6 is 0 Å². The summed E-state index contributed by atoms with van der Waals surface area (Å²) in [7, 11) is 2.03. The summed E-state index contributed by atoms with van der Waals surface area (Å²) in [5.74, 6) is 1.49. The van der Waals surface area contributed by atoms with E-state index in [0.29, 0.717) is 25.3 Å². The Kier molecular flexibility index (Phi) is 5.03. The van der Waals surface area contributed by atoms with Crippen LogP contribution in [-0.2, 0) is 17.6 Å². The number of carbonyl (C=O) groups excluding carboxylic acids is 1. The largest absolute Gasteiger partial charge is 0.355 e. The van der Waals surface area contributed by atoms with E-state index in [-0.39, 0.29) is 23.4 Å². The van der Waals surface area contributed by atoms with Gasteiger partial charge in [0.05, 0.1) is 11.6 Å². The third-order valence-electron chi connectivity index (χ3n) is 4.71. The van der Waals surface area contributed by atoms with Crippen LogP contribution in [0.25, 0.3) is 0 Å². The maximum absolute atomic E-state index is 12.7. The minimum atomic E-state index is -0.334. The smallest absolute Gasteiger partial charge is 0.340 e. The number of aryl methyl sites for hydroxylation is 2. The summed E-state index contributed by atoms with van der Waals surface area (Å²) < 4.78 is 0. The predicted molar refractivity (Wildman–Crippen MR) is 92.4 cm³/mol. The zero-order valence-corrected chi connectivity index (χ0v) is 14.8. The van der Waals surface area contributed by atoms with Gasteiger partial charge in [-0.3, -0.25) is 9.78 Å². The number of H-pyrrole nitrogens is 3. The van der Waals surface area contributed by atoms with Gasteiger partial charge in [0, 0.05) is 44.1 Å². The minimum Gasteiger partial charge on any atom is -0.355 e. The first-order chi connectivity index (χ1) is 12.0. The van der Waals surface area contributed by atoms with Crippen molar-refractivity contribution in [1.29, 1.82) is 0 Å². The van der Waals surface area contributed by atoms with Crippen molar-refractivity contribution in [2.24, 2.45) is 5.92 Å². The van der Waals surface area contributed by atoms with Crippen LogP contribution in [-0.4, -0.2) is 62.6 Å². The van der Waals surface area contributed by atoms with Crippen LogP contribution < -0.4 is 11.0 Å². The molecule has 0 radical (unpaired) electrons. The fourth-order valence-electron chi connectivity index (χ4n) is 3.47. The van der Waals surface area contributed by atoms with Gasteiger partial charge >= 0.3 is 5.69 Å². The lowest BCUT2D eigenvalue weighted by molar-refractivity contribution is -0.124. The number of likely N-dealkylation sites (N-methyl/N-ethyl adjacent to an activating group) is 1. The lowest BCUT2D eigenvalue weighted by Crippen LogP contribution is -2.36. The fraction of sp³-hybridized carbons (Fsp3) is 0.625. The van der Waals surface area contributed by atoms with E-state index in [1.54, 1.807) is 0 Å². The number of likely N-dealkylation sites (tertiary alicyclic amines) is 1. The van der Waals surface area contributed by atoms with Crippen molar-refractivity contribution in [3.05, 3.63) is 33.5 Å². The van der Waals surface area contributed by atoms with Gasteiger partial charge in [-0.15, -0.1) is 0 Å². The van der Waals surface area contributed by atoms with Gasteiger partial charge in [-0.25, -0.2) is 14.9 Å². The lowest BCUT2D eigenvalue weighted by atomic mass is 9.91. The average molecular weight is 347 g/mol. The summed E-state index contributed by atoms with van der Waals surface area (Å²) in [5, 5.41) is 9.12. The number of aromatic amines is 3. The molecule has 2 atom stereocenters. The number of hydrogen-bond acceptors (Lipinski definition) is 5. The van der Waals surface area contributed by atoms with Crippen LogP contribution in [0.2, 0.25) is 0 Å². The van der Waals surface area contributed by atoms with Crippen LogP contribution in [0.15, 0.2) is 4.79 Å². The van der Waals surface area contributed by atoms with Crippen LogP contribution in [0.5, 0.6) is 0 Å². The molecule has 0 aromatic carbocycles. The minimum absolute atomic E-state index is 0.0210. The summed E-state index contributed by atoms with van der Waals surface area (Å²) in [4.78, 5) is 36.4. The third-order valence-corrected chi connectivity index (χ3v) is 4.71. The quantitative estimate of drug-likeness (QED) is 0.571. The van der Waals surface area contributed by atoms with Gasteiger partial charge in [0.2, 0.25) is 5.91 Å². The average Bonchev–Trinajstić information content (AvgIpc) is 3.26. The molecule has 0 unspecified atom stereocenters. The SMILES string of the molecule is CCc1nc([C@@H]2CN(C)C[C@H]2C(=O)NCCc2n[nH]c(=O)[nH]2)c(C)[nH]1. The number of aromatic nitrogens is 5. The second kappa shape index (κ2) is 7.22. The molecule has 0 saturated carbocycles. The van der Waals surface area contributed by atoms with Gasteiger partial charge in [0.25, 0.3) is 0 Å². The van der Waals surface area contributed by atoms with Crippen LogP contribution in [0.4, 0.5) is 0 Å². The molecule has 3 heterocycles. The molecule has 4 N–H and O–H groups in total. The van der Waals surface area contributed by atoms with Crippen molar-refractivity contribution in [2.75, 3.05) is 26.7 Å². The number of carbonyl (C=O) groups is 1. The normalized spacial score (nSPS) is 20.9. The highest BCUT2D eigenvalue weighted by molar-refractivity contribution is 5.80. The van der Waals surface area contributed by atoms with E-state index in [4.69, 9.17) is 4.98 Å². The highest BCUT2D eigenvalue weighted by atomic mass is 16.2. The Bertz CT molecular complexity index is 791. The van der Waals surface area contributed by atoms with E-state index in [0.717, 1.165) is 30.2 Å². The Morgan fingerprint density at radius 2 is 2.12 bits per heavy atom. The van der Waals surface area contributed by atoms with Crippen molar-refractivity contribution in [2.45, 2.75) is 32.6 Å². The Labute approximate surface area is 145 Å². The number of hydrogen-bond donors (Lipinski definition) is 4. The highest BCUT2D eigenvalue weighted by Crippen LogP contribution is 2.32. The van der Waals surface area contributed by atoms with Gasteiger partial charge in [-0.2, -0.15) is 5.10 Å². The lowest BCUT2D eigenvalue weighted by Gasteiger charge is -2.17. The molecule has 9 nitrogen and oxygen atoms in total. The Hall–Kier alpha value is -2.42. The molecule has 1 saturated heterocycles. The van der Waals surface area contributed by atoms with Crippen LogP contribution in [0, 0.1) is 12.8 Å². The van der Waals surface area contributed by atoms with Crippen molar-refractivity contribution < 1.29 is 4.79 Å². The Balaban J connectivity index is 1.65. The van der Waals surface area contributed by atoms with E-state index in [9.17, 15) is 9.59 Å². The maximum atomic E-state index is 12.7. The molecule has 3 rings (SSSR count). The Morgan fingerprint density at radius 1 is 1.32 bits per heavy atom. The van der Waals surface area contributed by atoms with Crippen LogP contribution in [0.3, 0.4) is 0 Å². The van der Waals surface area contributed by atoms with E-state index in [1.807, 2.05) is 14.0 Å². The fourth-order valence-corrected chi connectivity index (χ4v) is 3.47. The van der Waals surface area contributed by atoms with E-state index < -0.39 is 0 Å². The van der Waals surface area contributed by atoms with E-state index in [1.165, 1.54) is 0 Å². The monoisotopic (exact) mass is 347 g/mol. The number of amides is 1. The zero-order valence-electron chi connectivity index (χ0n) is 14.8. The zero-order chi connectivity index (χ0) is 18.0. The first kappa shape index (κ1) is 17.4. The predicted octanol–water partition coefficient (Wildman–Crippen LogP) is -0.304. The van der Waals surface area contributed by atoms with E-state index in [2.05, 4.69) is 37.3 Å². The molecule has 0 bridgehead atoms. The molecule has 1 aliphatic heterocycles. The molecule has 2 aromatic rings. The molecule has 0 spiro atoms. The first-order valence-electron chi connectivity index (χ1n) is 8.63. The molecule has 9 heteroatoms. The molecular weight excluding hydrogens is 322 g/mol. The molecule has 25 heavy (non-hydrogen) atoms. The van der Waals surface area contributed by atoms with Gasteiger partial charge in [-0.05, 0) is 14.0 Å². The second-order valence-electron chi connectivity index (χ2n) is 6.65. The molecular formula is C16H25N7O2. The summed E-state index contributed by atoms with van der Waals surface area (Å²) >= 11 is 0. The van der Waals surface area contributed by atoms with Crippen molar-refractivity contribution >= 4 is 5.91 Å². The molecule has 2 aromatic heterocycles. The maximum Gasteiger partial charge on any atom is 0.340 e. The van der Waals surface area contributed by atoms with Crippen molar-refractivity contribution in [3.8, 4) is 0 Å².